The number of carbonyl (C=O) groups is 1. The fourth-order valence-corrected chi connectivity index (χ4v) is 3.59. The lowest BCUT2D eigenvalue weighted by Gasteiger charge is -2.16. The van der Waals surface area contributed by atoms with Crippen molar-refractivity contribution >= 4 is 11.5 Å². The van der Waals surface area contributed by atoms with Crippen LogP contribution in [0.15, 0.2) is 18.2 Å². The van der Waals surface area contributed by atoms with Crippen LogP contribution in [0.4, 0.5) is 5.69 Å². The lowest BCUT2D eigenvalue weighted by Crippen LogP contribution is -2.35. The normalized spacial score (nSPS) is 18.7. The predicted molar refractivity (Wildman–Crippen MR) is 95.3 cm³/mol. The molecule has 1 saturated heterocycles. The number of ketones is 1. The van der Waals surface area contributed by atoms with Gasteiger partial charge in [0.2, 0.25) is 0 Å². The topological polar surface area (TPSA) is 44.4 Å². The van der Waals surface area contributed by atoms with Crippen LogP contribution < -0.4 is 10.6 Å². The van der Waals surface area contributed by atoms with E-state index in [9.17, 15) is 4.79 Å². The average Bonchev–Trinajstić information content (AvgIpc) is 3.24. The first-order valence-corrected chi connectivity index (χ1v) is 9.11. The molecule has 4 nitrogen and oxygen atoms in total. The first-order chi connectivity index (χ1) is 11.2. The first-order valence-electron chi connectivity index (χ1n) is 9.11. The van der Waals surface area contributed by atoms with Crippen LogP contribution >= 0.6 is 0 Å². The minimum absolute atomic E-state index is 0.103. The highest BCUT2D eigenvalue weighted by Crippen LogP contribution is 2.23. The molecule has 1 aromatic carbocycles. The second-order valence-corrected chi connectivity index (χ2v) is 6.84. The minimum atomic E-state index is -0.103. The Morgan fingerprint density at radius 3 is 2.96 bits per heavy atom. The highest BCUT2D eigenvalue weighted by Gasteiger charge is 2.18. The van der Waals surface area contributed by atoms with Crippen LogP contribution in [0.1, 0.15) is 48.5 Å². The number of nitrogens with one attached hydrogen (secondary N) is 2. The zero-order valence-electron chi connectivity index (χ0n) is 14.2. The monoisotopic (exact) mass is 315 g/mol. The lowest BCUT2D eigenvalue weighted by atomic mass is 10.0. The number of fused-ring (bicyclic) bond motifs is 1. The summed E-state index contributed by atoms with van der Waals surface area (Å²) in [7, 11) is 0. The molecule has 0 amide bonds. The molecule has 1 atom stereocenters. The van der Waals surface area contributed by atoms with Crippen molar-refractivity contribution in [2.24, 2.45) is 0 Å². The highest BCUT2D eigenvalue weighted by atomic mass is 16.1. The molecular weight excluding hydrogens is 286 g/mol. The number of rotatable bonds is 8. The fraction of sp³-hybridized carbons (Fsp3) is 0.632. The van der Waals surface area contributed by atoms with Crippen molar-refractivity contribution < 1.29 is 4.79 Å². The van der Waals surface area contributed by atoms with Crippen LogP contribution in [-0.2, 0) is 6.42 Å². The van der Waals surface area contributed by atoms with Gasteiger partial charge >= 0.3 is 0 Å². The summed E-state index contributed by atoms with van der Waals surface area (Å²) in [5.41, 5.74) is 3.29. The van der Waals surface area contributed by atoms with Gasteiger partial charge in [-0.05, 0) is 89.0 Å². The van der Waals surface area contributed by atoms with Gasteiger partial charge in [0.05, 0.1) is 6.04 Å². The maximum Gasteiger partial charge on any atom is 0.179 e. The molecule has 1 fully saturated rings. The largest absolute Gasteiger partial charge is 0.384 e. The van der Waals surface area contributed by atoms with E-state index in [2.05, 4.69) is 21.6 Å². The van der Waals surface area contributed by atoms with Gasteiger partial charge in [0.15, 0.2) is 5.78 Å². The Morgan fingerprint density at radius 1 is 1.30 bits per heavy atom. The Kier molecular flexibility index (Phi) is 5.68. The van der Waals surface area contributed by atoms with E-state index >= 15 is 0 Å². The van der Waals surface area contributed by atoms with Crippen molar-refractivity contribution in [3.05, 3.63) is 29.3 Å². The smallest absolute Gasteiger partial charge is 0.179 e. The summed E-state index contributed by atoms with van der Waals surface area (Å²) in [4.78, 5) is 15.1. The van der Waals surface area contributed by atoms with Crippen molar-refractivity contribution in [2.45, 2.75) is 45.1 Å². The van der Waals surface area contributed by atoms with Gasteiger partial charge in [-0.1, -0.05) is 0 Å². The third-order valence-corrected chi connectivity index (χ3v) is 5.04. The molecular formula is C19H29N3O. The Bertz CT molecular complexity index is 537. The van der Waals surface area contributed by atoms with E-state index in [1.807, 2.05) is 19.1 Å². The number of hydrogen-bond donors (Lipinski definition) is 2. The van der Waals surface area contributed by atoms with E-state index in [-0.39, 0.29) is 11.8 Å². The van der Waals surface area contributed by atoms with Gasteiger partial charge in [0, 0.05) is 17.8 Å². The van der Waals surface area contributed by atoms with Gasteiger partial charge in [0.1, 0.15) is 0 Å². The van der Waals surface area contributed by atoms with Crippen LogP contribution in [0.3, 0.4) is 0 Å². The molecule has 0 radical (unpaired) electrons. The van der Waals surface area contributed by atoms with Crippen LogP contribution in [0, 0.1) is 0 Å². The third-order valence-electron chi connectivity index (χ3n) is 5.04. The number of hydrogen-bond acceptors (Lipinski definition) is 4. The molecule has 2 heterocycles. The van der Waals surface area contributed by atoms with Gasteiger partial charge < -0.3 is 15.5 Å². The van der Waals surface area contributed by atoms with E-state index < -0.39 is 0 Å². The number of nitrogens with zero attached hydrogens (tertiary/aromatic N) is 1. The van der Waals surface area contributed by atoms with Gasteiger partial charge in [-0.3, -0.25) is 4.79 Å². The summed E-state index contributed by atoms with van der Waals surface area (Å²) in [6.07, 6.45) is 6.11. The molecule has 0 spiro atoms. The Hall–Kier alpha value is -1.39. The average molecular weight is 315 g/mol. The molecule has 2 aliphatic heterocycles. The van der Waals surface area contributed by atoms with Crippen molar-refractivity contribution in [2.75, 3.05) is 38.0 Å². The zero-order valence-corrected chi connectivity index (χ0v) is 14.2. The highest BCUT2D eigenvalue weighted by molar-refractivity contribution is 6.00. The maximum absolute atomic E-state index is 12.5. The van der Waals surface area contributed by atoms with Gasteiger partial charge in [-0.15, -0.1) is 0 Å². The summed E-state index contributed by atoms with van der Waals surface area (Å²) >= 11 is 0. The molecule has 4 heteroatoms. The molecule has 1 unspecified atom stereocenters. The van der Waals surface area contributed by atoms with Gasteiger partial charge in [-0.25, -0.2) is 0 Å². The summed E-state index contributed by atoms with van der Waals surface area (Å²) in [5, 5.41) is 6.73. The predicted octanol–water partition coefficient (Wildman–Crippen LogP) is 2.69. The van der Waals surface area contributed by atoms with Crippen LogP contribution in [-0.4, -0.2) is 49.4 Å². The SMILES string of the molecule is CC(NCCCCN1CCCC1)C(=O)c1ccc2c(c1)CCN2. The van der Waals surface area contributed by atoms with Crippen LogP contribution in [0.25, 0.3) is 0 Å². The fourth-order valence-electron chi connectivity index (χ4n) is 3.59. The van der Waals surface area contributed by atoms with Gasteiger partial charge in [-0.2, -0.15) is 0 Å². The molecule has 0 aromatic heterocycles. The molecule has 126 valence electrons. The van der Waals surface area contributed by atoms with E-state index in [4.69, 9.17) is 0 Å². The summed E-state index contributed by atoms with van der Waals surface area (Å²) in [6.45, 7) is 7.64. The summed E-state index contributed by atoms with van der Waals surface area (Å²) in [5.74, 6) is 0.208. The Morgan fingerprint density at radius 2 is 2.13 bits per heavy atom. The molecule has 2 aliphatic rings. The van der Waals surface area contributed by atoms with E-state index in [1.54, 1.807) is 0 Å². The number of unbranched alkanes of at least 4 members (excludes halogenated alkanes) is 1. The summed E-state index contributed by atoms with van der Waals surface area (Å²) < 4.78 is 0. The minimum Gasteiger partial charge on any atom is -0.384 e. The molecule has 2 N–H and O–H groups in total. The Labute approximate surface area is 139 Å². The van der Waals surface area contributed by atoms with E-state index in [0.717, 1.165) is 31.5 Å². The molecule has 1 aromatic rings. The number of benzene rings is 1. The number of carbonyl (C=O) groups excluding carboxylic acids is 1. The molecule has 0 saturated carbocycles. The van der Waals surface area contributed by atoms with Crippen LogP contribution in [0.5, 0.6) is 0 Å². The standard InChI is InChI=1S/C19H29N3O/c1-15(20-9-2-3-11-22-12-4-5-13-22)19(23)17-6-7-18-16(14-17)8-10-21-18/h6-7,14-15,20-21H,2-5,8-13H2,1H3. The van der Waals surface area contributed by atoms with E-state index in [0.29, 0.717) is 0 Å². The maximum atomic E-state index is 12.5. The Balaban J connectivity index is 1.39. The van der Waals surface area contributed by atoms with E-state index in [1.165, 1.54) is 50.1 Å². The van der Waals surface area contributed by atoms with Crippen molar-refractivity contribution in [3.8, 4) is 0 Å². The second kappa shape index (κ2) is 7.93. The van der Waals surface area contributed by atoms with Crippen LogP contribution in [0.2, 0.25) is 0 Å². The summed E-state index contributed by atoms with van der Waals surface area (Å²) in [6, 6.07) is 5.95. The first kappa shape index (κ1) is 16.5. The quantitative estimate of drug-likeness (QED) is 0.572. The van der Waals surface area contributed by atoms with Gasteiger partial charge in [0.25, 0.3) is 0 Å². The lowest BCUT2D eigenvalue weighted by molar-refractivity contribution is 0.0951. The molecule has 23 heavy (non-hydrogen) atoms. The van der Waals surface area contributed by atoms with Crippen molar-refractivity contribution in [1.82, 2.24) is 10.2 Å². The number of anilines is 1. The number of Topliss-reactive ketones (excluding diaryl/α,β-unsaturated/α-hetero) is 1. The molecule has 0 bridgehead atoms. The molecule has 3 rings (SSSR count). The zero-order chi connectivity index (χ0) is 16.1. The van der Waals surface area contributed by atoms with Crippen molar-refractivity contribution in [1.29, 1.82) is 0 Å². The third kappa shape index (κ3) is 4.33. The van der Waals surface area contributed by atoms with Crippen molar-refractivity contribution in [3.63, 3.8) is 0 Å². The number of likely N-dealkylation sites (tertiary alicyclic amines) is 1. The molecule has 0 aliphatic carbocycles. The second-order valence-electron chi connectivity index (χ2n) is 6.84.